The summed E-state index contributed by atoms with van der Waals surface area (Å²) in [6, 6.07) is 3.78. The highest BCUT2D eigenvalue weighted by molar-refractivity contribution is 5.79. The second-order valence-electron chi connectivity index (χ2n) is 6.07. The second kappa shape index (κ2) is 8.78. The fourth-order valence-electron chi connectivity index (χ4n) is 3.48. The lowest BCUT2D eigenvalue weighted by Gasteiger charge is -2.18. The molecule has 24 heavy (non-hydrogen) atoms. The zero-order chi connectivity index (χ0) is 17.5. The molecule has 1 aromatic rings. The summed E-state index contributed by atoms with van der Waals surface area (Å²) < 4.78 is 16.1. The molecule has 0 bridgehead atoms. The van der Waals surface area contributed by atoms with Crippen LogP contribution in [0, 0.1) is 11.8 Å². The second-order valence-corrected chi connectivity index (χ2v) is 6.07. The standard InChI is InChI=1S/C18H28N2O4/c1-22-15-8-7-12(16(23-2)17(15)24-3)9-10-20-18(21)14-6-4-5-13(14)11-19/h7-8,13-14H,4-6,9-11,19H2,1-3H3,(H,20,21)/t13-,14-/m1/s1. The minimum atomic E-state index is 0.0577. The Hall–Kier alpha value is -1.95. The van der Waals surface area contributed by atoms with E-state index >= 15 is 0 Å². The number of methoxy groups -OCH3 is 3. The first kappa shape index (κ1) is 18.4. The molecule has 1 amide bonds. The number of amides is 1. The van der Waals surface area contributed by atoms with Crippen molar-refractivity contribution in [1.29, 1.82) is 0 Å². The van der Waals surface area contributed by atoms with Gasteiger partial charge in [0.1, 0.15) is 0 Å². The molecule has 3 N–H and O–H groups in total. The van der Waals surface area contributed by atoms with E-state index < -0.39 is 0 Å². The van der Waals surface area contributed by atoms with Crippen molar-refractivity contribution in [2.24, 2.45) is 17.6 Å². The van der Waals surface area contributed by atoms with Crippen LogP contribution in [0.5, 0.6) is 17.2 Å². The summed E-state index contributed by atoms with van der Waals surface area (Å²) >= 11 is 0. The van der Waals surface area contributed by atoms with Crippen LogP contribution in [0.3, 0.4) is 0 Å². The van der Waals surface area contributed by atoms with E-state index in [9.17, 15) is 4.79 Å². The Bertz CT molecular complexity index is 562. The average molecular weight is 336 g/mol. The summed E-state index contributed by atoms with van der Waals surface area (Å²) in [7, 11) is 4.77. The summed E-state index contributed by atoms with van der Waals surface area (Å²) in [5.41, 5.74) is 6.73. The molecule has 0 aliphatic heterocycles. The van der Waals surface area contributed by atoms with Gasteiger partial charge in [-0.1, -0.05) is 12.5 Å². The molecule has 2 atom stereocenters. The molecular weight excluding hydrogens is 308 g/mol. The van der Waals surface area contributed by atoms with Gasteiger partial charge in [-0.15, -0.1) is 0 Å². The van der Waals surface area contributed by atoms with Crippen molar-refractivity contribution in [3.8, 4) is 17.2 Å². The van der Waals surface area contributed by atoms with E-state index in [2.05, 4.69) is 5.32 Å². The lowest BCUT2D eigenvalue weighted by atomic mass is 9.95. The highest BCUT2D eigenvalue weighted by Crippen LogP contribution is 2.39. The fourth-order valence-corrected chi connectivity index (χ4v) is 3.48. The van der Waals surface area contributed by atoms with E-state index in [1.165, 1.54) is 0 Å². The Balaban J connectivity index is 1.98. The number of nitrogens with one attached hydrogen (secondary N) is 1. The molecule has 6 nitrogen and oxygen atoms in total. The molecule has 0 spiro atoms. The van der Waals surface area contributed by atoms with Gasteiger partial charge in [-0.2, -0.15) is 0 Å². The van der Waals surface area contributed by atoms with Crippen LogP contribution < -0.4 is 25.3 Å². The maximum absolute atomic E-state index is 12.3. The van der Waals surface area contributed by atoms with Crippen LogP contribution in [-0.2, 0) is 11.2 Å². The zero-order valence-corrected chi connectivity index (χ0v) is 14.8. The van der Waals surface area contributed by atoms with Crippen LogP contribution in [0.4, 0.5) is 0 Å². The van der Waals surface area contributed by atoms with Crippen molar-refractivity contribution < 1.29 is 19.0 Å². The number of nitrogens with two attached hydrogens (primary N) is 1. The number of hydrogen-bond donors (Lipinski definition) is 2. The van der Waals surface area contributed by atoms with E-state index in [0.29, 0.717) is 42.7 Å². The summed E-state index contributed by atoms with van der Waals surface area (Å²) in [5, 5.41) is 3.03. The summed E-state index contributed by atoms with van der Waals surface area (Å²) in [6.07, 6.45) is 3.74. The van der Waals surface area contributed by atoms with Crippen LogP contribution in [0.15, 0.2) is 12.1 Å². The van der Waals surface area contributed by atoms with Crippen molar-refractivity contribution in [2.45, 2.75) is 25.7 Å². The van der Waals surface area contributed by atoms with Gasteiger partial charge in [0.25, 0.3) is 0 Å². The predicted octanol–water partition coefficient (Wildman–Crippen LogP) is 1.75. The molecule has 0 radical (unpaired) electrons. The number of ether oxygens (including phenoxy) is 3. The normalized spacial score (nSPS) is 19.8. The van der Waals surface area contributed by atoms with Gasteiger partial charge >= 0.3 is 0 Å². The quantitative estimate of drug-likeness (QED) is 0.756. The maximum Gasteiger partial charge on any atom is 0.223 e. The van der Waals surface area contributed by atoms with Gasteiger partial charge in [-0.3, -0.25) is 4.79 Å². The molecule has 0 heterocycles. The largest absolute Gasteiger partial charge is 0.493 e. The van der Waals surface area contributed by atoms with Crippen molar-refractivity contribution in [1.82, 2.24) is 5.32 Å². The van der Waals surface area contributed by atoms with E-state index in [4.69, 9.17) is 19.9 Å². The smallest absolute Gasteiger partial charge is 0.223 e. The highest BCUT2D eigenvalue weighted by Gasteiger charge is 2.31. The Kier molecular flexibility index (Phi) is 6.73. The van der Waals surface area contributed by atoms with Crippen molar-refractivity contribution in [3.05, 3.63) is 17.7 Å². The van der Waals surface area contributed by atoms with Crippen LogP contribution in [0.2, 0.25) is 0 Å². The number of hydrogen-bond acceptors (Lipinski definition) is 5. The predicted molar refractivity (Wildman–Crippen MR) is 92.7 cm³/mol. The van der Waals surface area contributed by atoms with Crippen LogP contribution in [-0.4, -0.2) is 40.3 Å². The highest BCUT2D eigenvalue weighted by atomic mass is 16.5. The fraction of sp³-hybridized carbons (Fsp3) is 0.611. The van der Waals surface area contributed by atoms with E-state index in [-0.39, 0.29) is 11.8 Å². The first-order valence-electron chi connectivity index (χ1n) is 8.41. The molecule has 6 heteroatoms. The van der Waals surface area contributed by atoms with E-state index in [1.807, 2.05) is 12.1 Å². The zero-order valence-electron chi connectivity index (χ0n) is 14.8. The average Bonchev–Trinajstić information content (AvgIpc) is 3.09. The van der Waals surface area contributed by atoms with Gasteiger partial charge in [-0.05, 0) is 37.8 Å². The Morgan fingerprint density at radius 3 is 2.54 bits per heavy atom. The van der Waals surface area contributed by atoms with Crippen molar-refractivity contribution >= 4 is 5.91 Å². The number of carbonyl (C=O) groups is 1. The van der Waals surface area contributed by atoms with Crippen LogP contribution >= 0.6 is 0 Å². The first-order chi connectivity index (χ1) is 11.7. The topological polar surface area (TPSA) is 82.8 Å². The Labute approximate surface area is 143 Å². The van der Waals surface area contributed by atoms with Crippen LogP contribution in [0.25, 0.3) is 0 Å². The van der Waals surface area contributed by atoms with Crippen molar-refractivity contribution in [3.63, 3.8) is 0 Å². The summed E-state index contributed by atoms with van der Waals surface area (Å²) in [4.78, 5) is 12.3. The maximum atomic E-state index is 12.3. The number of rotatable bonds is 8. The third-order valence-corrected chi connectivity index (χ3v) is 4.78. The van der Waals surface area contributed by atoms with Gasteiger partial charge < -0.3 is 25.3 Å². The molecular formula is C18H28N2O4. The number of carbonyl (C=O) groups excluding carboxylic acids is 1. The van der Waals surface area contributed by atoms with Crippen LogP contribution in [0.1, 0.15) is 24.8 Å². The molecule has 1 fully saturated rings. The van der Waals surface area contributed by atoms with Gasteiger partial charge in [0.15, 0.2) is 11.5 Å². The third-order valence-electron chi connectivity index (χ3n) is 4.78. The molecule has 1 aliphatic carbocycles. The van der Waals surface area contributed by atoms with Gasteiger partial charge in [-0.25, -0.2) is 0 Å². The summed E-state index contributed by atoms with van der Waals surface area (Å²) in [5.74, 6) is 2.33. The molecule has 1 aromatic carbocycles. The van der Waals surface area contributed by atoms with Gasteiger partial charge in [0.2, 0.25) is 11.7 Å². The van der Waals surface area contributed by atoms with Gasteiger partial charge in [0.05, 0.1) is 21.3 Å². The minimum Gasteiger partial charge on any atom is -0.493 e. The lowest BCUT2D eigenvalue weighted by molar-refractivity contribution is -0.125. The van der Waals surface area contributed by atoms with E-state index in [0.717, 1.165) is 24.8 Å². The van der Waals surface area contributed by atoms with Gasteiger partial charge in [0, 0.05) is 18.0 Å². The molecule has 0 saturated heterocycles. The molecule has 2 rings (SSSR count). The Morgan fingerprint density at radius 2 is 1.92 bits per heavy atom. The molecule has 1 saturated carbocycles. The molecule has 134 valence electrons. The Morgan fingerprint density at radius 1 is 1.17 bits per heavy atom. The molecule has 1 aliphatic rings. The molecule has 0 aromatic heterocycles. The van der Waals surface area contributed by atoms with Crippen molar-refractivity contribution in [2.75, 3.05) is 34.4 Å². The molecule has 0 unspecified atom stereocenters. The number of benzene rings is 1. The lowest BCUT2D eigenvalue weighted by Crippen LogP contribution is -2.36. The SMILES string of the molecule is COc1ccc(CCNC(=O)[C@@H]2CCC[C@@H]2CN)c(OC)c1OC. The minimum absolute atomic E-state index is 0.0577. The third kappa shape index (κ3) is 3.93. The summed E-state index contributed by atoms with van der Waals surface area (Å²) in [6.45, 7) is 1.14. The first-order valence-corrected chi connectivity index (χ1v) is 8.41. The monoisotopic (exact) mass is 336 g/mol. The van der Waals surface area contributed by atoms with E-state index in [1.54, 1.807) is 21.3 Å².